The molecule has 0 aliphatic carbocycles. The predicted octanol–water partition coefficient (Wildman–Crippen LogP) is 1.72. The third kappa shape index (κ3) is 1.55. The molecule has 0 spiro atoms. The second-order valence-electron chi connectivity index (χ2n) is 4.22. The lowest BCUT2D eigenvalue weighted by Crippen LogP contribution is -1.99. The first-order chi connectivity index (χ1) is 8.66. The van der Waals surface area contributed by atoms with E-state index >= 15 is 0 Å². The highest BCUT2D eigenvalue weighted by Crippen LogP contribution is 2.34. The molecular formula is C13H12N2O3. The van der Waals surface area contributed by atoms with E-state index in [1.54, 1.807) is 17.8 Å². The van der Waals surface area contributed by atoms with E-state index in [1.807, 2.05) is 18.2 Å². The minimum atomic E-state index is -1.01. The van der Waals surface area contributed by atoms with Crippen LogP contribution < -0.4 is 4.74 Å². The van der Waals surface area contributed by atoms with Gasteiger partial charge in [0.15, 0.2) is 5.69 Å². The summed E-state index contributed by atoms with van der Waals surface area (Å²) in [5, 5.41) is 13.0. The fraction of sp³-hybridized carbons (Fsp3) is 0.231. The lowest BCUT2D eigenvalue weighted by atomic mass is 10.0. The molecule has 0 fully saturated rings. The largest absolute Gasteiger partial charge is 0.493 e. The van der Waals surface area contributed by atoms with Gasteiger partial charge >= 0.3 is 5.97 Å². The molecule has 1 aromatic carbocycles. The minimum Gasteiger partial charge on any atom is -0.493 e. The smallest absolute Gasteiger partial charge is 0.356 e. The van der Waals surface area contributed by atoms with Gasteiger partial charge < -0.3 is 9.84 Å². The van der Waals surface area contributed by atoms with Crippen LogP contribution in [0.2, 0.25) is 0 Å². The zero-order valence-electron chi connectivity index (χ0n) is 9.88. The predicted molar refractivity (Wildman–Crippen MR) is 64.8 cm³/mol. The first-order valence-electron chi connectivity index (χ1n) is 5.69. The summed E-state index contributed by atoms with van der Waals surface area (Å²) >= 11 is 0. The van der Waals surface area contributed by atoms with Gasteiger partial charge in [-0.2, -0.15) is 5.10 Å². The van der Waals surface area contributed by atoms with Gasteiger partial charge in [0.05, 0.1) is 12.3 Å². The molecule has 0 radical (unpaired) electrons. The Kier molecular flexibility index (Phi) is 2.33. The number of carboxylic acids is 1. The van der Waals surface area contributed by atoms with Crippen molar-refractivity contribution < 1.29 is 14.6 Å². The quantitative estimate of drug-likeness (QED) is 0.873. The second-order valence-corrected chi connectivity index (χ2v) is 4.22. The number of fused-ring (bicyclic) bond motifs is 1. The summed E-state index contributed by atoms with van der Waals surface area (Å²) < 4.78 is 7.10. The van der Waals surface area contributed by atoms with Crippen molar-refractivity contribution >= 4 is 5.97 Å². The van der Waals surface area contributed by atoms with E-state index in [0.717, 1.165) is 29.0 Å². The molecule has 0 saturated carbocycles. The standard InChI is InChI=1S/C13H12N2O3/c1-15-11(7-10(14-15)13(16)17)8-3-2-4-12-9(8)5-6-18-12/h2-4,7H,5-6H2,1H3,(H,16,17). The molecule has 18 heavy (non-hydrogen) atoms. The van der Waals surface area contributed by atoms with Crippen LogP contribution in [0.3, 0.4) is 0 Å². The van der Waals surface area contributed by atoms with E-state index < -0.39 is 5.97 Å². The van der Waals surface area contributed by atoms with Crippen molar-refractivity contribution in [2.45, 2.75) is 6.42 Å². The molecule has 92 valence electrons. The number of carboxylic acid groups (broad SMARTS) is 1. The van der Waals surface area contributed by atoms with Crippen LogP contribution in [-0.4, -0.2) is 27.5 Å². The molecule has 0 bridgehead atoms. The summed E-state index contributed by atoms with van der Waals surface area (Å²) in [6.07, 6.45) is 0.846. The molecule has 1 aliphatic rings. The number of nitrogens with zero attached hydrogens (tertiary/aromatic N) is 2. The SMILES string of the molecule is Cn1nc(C(=O)O)cc1-c1cccc2c1CCO2. The van der Waals surface area contributed by atoms with Gasteiger partial charge in [0, 0.05) is 24.6 Å². The third-order valence-corrected chi connectivity index (χ3v) is 3.12. The zero-order chi connectivity index (χ0) is 12.7. The summed E-state index contributed by atoms with van der Waals surface area (Å²) in [5.41, 5.74) is 2.98. The summed E-state index contributed by atoms with van der Waals surface area (Å²) in [6, 6.07) is 7.40. The number of rotatable bonds is 2. The zero-order valence-corrected chi connectivity index (χ0v) is 9.88. The van der Waals surface area contributed by atoms with Crippen molar-refractivity contribution in [1.82, 2.24) is 9.78 Å². The summed E-state index contributed by atoms with van der Waals surface area (Å²) in [4.78, 5) is 10.9. The van der Waals surface area contributed by atoms with E-state index in [9.17, 15) is 4.79 Å². The molecule has 1 aliphatic heterocycles. The number of aromatic carboxylic acids is 1. The van der Waals surface area contributed by atoms with Gasteiger partial charge in [0.1, 0.15) is 5.75 Å². The Balaban J connectivity index is 2.16. The molecule has 0 saturated heterocycles. The maximum Gasteiger partial charge on any atom is 0.356 e. The molecule has 0 amide bonds. The average Bonchev–Trinajstić information content (AvgIpc) is 2.94. The van der Waals surface area contributed by atoms with Crippen molar-refractivity contribution in [3.8, 4) is 17.0 Å². The van der Waals surface area contributed by atoms with Crippen LogP contribution in [0.5, 0.6) is 5.75 Å². The maximum atomic E-state index is 10.9. The molecule has 2 heterocycles. The van der Waals surface area contributed by atoms with Crippen LogP contribution in [0.1, 0.15) is 16.1 Å². The Bertz CT molecular complexity index is 631. The van der Waals surface area contributed by atoms with Crippen molar-refractivity contribution in [2.75, 3.05) is 6.61 Å². The molecule has 2 aromatic rings. The normalized spacial score (nSPS) is 13.2. The number of benzene rings is 1. The summed E-state index contributed by atoms with van der Waals surface area (Å²) in [5.74, 6) is -0.133. The van der Waals surface area contributed by atoms with Crippen LogP contribution in [0, 0.1) is 0 Å². The van der Waals surface area contributed by atoms with Crippen LogP contribution in [0.4, 0.5) is 0 Å². The maximum absolute atomic E-state index is 10.9. The Morgan fingerprint density at radius 2 is 2.33 bits per heavy atom. The number of carbonyl (C=O) groups is 1. The number of aromatic nitrogens is 2. The topological polar surface area (TPSA) is 64.4 Å². The molecule has 1 aromatic heterocycles. The van der Waals surface area contributed by atoms with Gasteiger partial charge in [-0.05, 0) is 12.1 Å². The Morgan fingerprint density at radius 1 is 1.50 bits per heavy atom. The molecule has 5 nitrogen and oxygen atoms in total. The fourth-order valence-electron chi connectivity index (χ4n) is 2.29. The fourth-order valence-corrected chi connectivity index (χ4v) is 2.29. The molecule has 1 N–H and O–H groups in total. The van der Waals surface area contributed by atoms with Crippen LogP contribution in [0.25, 0.3) is 11.3 Å². The summed E-state index contributed by atoms with van der Waals surface area (Å²) in [7, 11) is 1.75. The van der Waals surface area contributed by atoms with Gasteiger partial charge in [-0.1, -0.05) is 12.1 Å². The highest BCUT2D eigenvalue weighted by Gasteiger charge is 2.20. The van der Waals surface area contributed by atoms with Gasteiger partial charge in [-0.3, -0.25) is 4.68 Å². The Labute approximate surface area is 104 Å². The van der Waals surface area contributed by atoms with Crippen molar-refractivity contribution in [1.29, 1.82) is 0 Å². The number of aryl methyl sites for hydroxylation is 1. The first-order valence-corrected chi connectivity index (χ1v) is 5.69. The molecule has 0 unspecified atom stereocenters. The lowest BCUT2D eigenvalue weighted by molar-refractivity contribution is 0.0689. The Morgan fingerprint density at radius 3 is 3.06 bits per heavy atom. The summed E-state index contributed by atoms with van der Waals surface area (Å²) in [6.45, 7) is 0.677. The van der Waals surface area contributed by atoms with E-state index in [-0.39, 0.29) is 5.69 Å². The van der Waals surface area contributed by atoms with E-state index in [0.29, 0.717) is 6.61 Å². The third-order valence-electron chi connectivity index (χ3n) is 3.12. The monoisotopic (exact) mass is 244 g/mol. The molecule has 5 heteroatoms. The van der Waals surface area contributed by atoms with E-state index in [1.165, 1.54) is 0 Å². The number of hydrogen-bond donors (Lipinski definition) is 1. The van der Waals surface area contributed by atoms with Gasteiger partial charge in [-0.25, -0.2) is 4.79 Å². The van der Waals surface area contributed by atoms with Crippen LogP contribution in [0.15, 0.2) is 24.3 Å². The lowest BCUT2D eigenvalue weighted by Gasteiger charge is -2.06. The van der Waals surface area contributed by atoms with Crippen LogP contribution in [-0.2, 0) is 13.5 Å². The molecular weight excluding hydrogens is 232 g/mol. The second kappa shape index (κ2) is 3.87. The van der Waals surface area contributed by atoms with Crippen molar-refractivity contribution in [3.63, 3.8) is 0 Å². The average molecular weight is 244 g/mol. The highest BCUT2D eigenvalue weighted by molar-refractivity contribution is 5.87. The highest BCUT2D eigenvalue weighted by atomic mass is 16.5. The van der Waals surface area contributed by atoms with E-state index in [4.69, 9.17) is 9.84 Å². The minimum absolute atomic E-state index is 0.0593. The van der Waals surface area contributed by atoms with E-state index in [2.05, 4.69) is 5.10 Å². The molecule has 0 atom stereocenters. The first kappa shape index (κ1) is 10.8. The number of ether oxygens (including phenoxy) is 1. The Hall–Kier alpha value is -2.30. The van der Waals surface area contributed by atoms with Gasteiger partial charge in [0.25, 0.3) is 0 Å². The van der Waals surface area contributed by atoms with Crippen molar-refractivity contribution in [2.24, 2.45) is 7.05 Å². The van der Waals surface area contributed by atoms with Gasteiger partial charge in [-0.15, -0.1) is 0 Å². The van der Waals surface area contributed by atoms with Crippen LogP contribution >= 0.6 is 0 Å². The van der Waals surface area contributed by atoms with Crippen molar-refractivity contribution in [3.05, 3.63) is 35.5 Å². The van der Waals surface area contributed by atoms with Gasteiger partial charge in [0.2, 0.25) is 0 Å². The number of hydrogen-bond acceptors (Lipinski definition) is 3. The molecule has 3 rings (SSSR count).